The third kappa shape index (κ3) is 5.41. The van der Waals surface area contributed by atoms with Crippen molar-refractivity contribution in [1.29, 1.82) is 0 Å². The second kappa shape index (κ2) is 10.3. The van der Waals surface area contributed by atoms with Crippen LogP contribution in [0.4, 0.5) is 13.6 Å². The number of aromatic nitrogens is 2. The van der Waals surface area contributed by atoms with Crippen LogP contribution < -0.4 is 0 Å². The van der Waals surface area contributed by atoms with Crippen molar-refractivity contribution in [2.75, 3.05) is 13.1 Å². The average Bonchev–Trinajstić information content (AvgIpc) is 3.33. The Hall–Kier alpha value is -3.33. The first kappa shape index (κ1) is 24.4. The van der Waals surface area contributed by atoms with Crippen molar-refractivity contribution in [3.63, 3.8) is 0 Å². The van der Waals surface area contributed by atoms with Gasteiger partial charge in [-0.2, -0.15) is 4.98 Å². The first-order valence-corrected chi connectivity index (χ1v) is 12.4. The molecule has 1 saturated heterocycles. The number of hydrogen-bond acceptors (Lipinski definition) is 6. The number of likely N-dealkylation sites (tertiary alicyclic amines) is 1. The normalized spacial score (nSPS) is 18.1. The van der Waals surface area contributed by atoms with Crippen LogP contribution in [0.5, 0.6) is 0 Å². The Morgan fingerprint density at radius 1 is 1.08 bits per heavy atom. The number of rotatable bonds is 8. The Morgan fingerprint density at radius 2 is 1.83 bits per heavy atom. The maximum Gasteiger partial charge on any atom is 0.506 e. The Kier molecular flexibility index (Phi) is 7.00. The Bertz CT molecular complexity index is 1200. The van der Waals surface area contributed by atoms with Crippen LogP contribution in [0.25, 0.3) is 11.4 Å². The number of aryl methyl sites for hydroxylation is 1. The largest absolute Gasteiger partial charge is 0.506 e. The van der Waals surface area contributed by atoms with E-state index in [-0.39, 0.29) is 11.5 Å². The summed E-state index contributed by atoms with van der Waals surface area (Å²) in [7, 11) is 0. The predicted molar refractivity (Wildman–Crippen MR) is 127 cm³/mol. The molecule has 1 aromatic heterocycles. The van der Waals surface area contributed by atoms with Crippen molar-refractivity contribution < 1.29 is 27.9 Å². The van der Waals surface area contributed by atoms with Crippen molar-refractivity contribution >= 4 is 6.16 Å². The summed E-state index contributed by atoms with van der Waals surface area (Å²) in [5, 5.41) is 12.8. The van der Waals surface area contributed by atoms with E-state index in [2.05, 4.69) is 15.0 Å². The molecule has 2 aromatic carbocycles. The minimum absolute atomic E-state index is 0.214. The zero-order valence-electron chi connectivity index (χ0n) is 20.0. The van der Waals surface area contributed by atoms with Crippen LogP contribution >= 0.6 is 0 Å². The molecule has 0 bridgehead atoms. The molecule has 36 heavy (non-hydrogen) atoms. The van der Waals surface area contributed by atoms with E-state index in [9.17, 15) is 13.6 Å². The zero-order chi connectivity index (χ0) is 25.1. The van der Waals surface area contributed by atoms with Crippen LogP contribution in [0, 0.1) is 11.6 Å². The van der Waals surface area contributed by atoms with Gasteiger partial charge < -0.3 is 14.4 Å². The summed E-state index contributed by atoms with van der Waals surface area (Å²) in [6, 6.07) is 12.2. The lowest BCUT2D eigenvalue weighted by Crippen LogP contribution is -2.52. The summed E-state index contributed by atoms with van der Waals surface area (Å²) in [5.74, 6) is -0.574. The van der Waals surface area contributed by atoms with Gasteiger partial charge in [0.2, 0.25) is 11.7 Å². The van der Waals surface area contributed by atoms with Crippen LogP contribution in [0.15, 0.2) is 47.0 Å². The van der Waals surface area contributed by atoms with Gasteiger partial charge in [-0.1, -0.05) is 54.8 Å². The van der Waals surface area contributed by atoms with Crippen molar-refractivity contribution in [3.05, 3.63) is 71.1 Å². The summed E-state index contributed by atoms with van der Waals surface area (Å²) >= 11 is 0. The van der Waals surface area contributed by atoms with E-state index >= 15 is 0 Å². The van der Waals surface area contributed by atoms with E-state index in [0.717, 1.165) is 55.2 Å². The van der Waals surface area contributed by atoms with Gasteiger partial charge >= 0.3 is 6.16 Å². The lowest BCUT2D eigenvalue weighted by atomic mass is 9.67. The molecule has 2 fully saturated rings. The summed E-state index contributed by atoms with van der Waals surface area (Å²) in [5.41, 5.74) is 2.58. The van der Waals surface area contributed by atoms with Crippen molar-refractivity contribution in [3.8, 4) is 11.4 Å². The number of ether oxygens (including phenoxy) is 1. The second-order valence-corrected chi connectivity index (χ2v) is 9.88. The quantitative estimate of drug-likeness (QED) is 0.398. The molecule has 1 aliphatic heterocycles. The van der Waals surface area contributed by atoms with Gasteiger partial charge in [0.25, 0.3) is 0 Å². The lowest BCUT2D eigenvalue weighted by molar-refractivity contribution is -0.0363. The smallest absolute Gasteiger partial charge is 0.450 e. The third-order valence-corrected chi connectivity index (χ3v) is 7.44. The number of benzene rings is 2. The van der Waals surface area contributed by atoms with Crippen molar-refractivity contribution in [1.82, 2.24) is 15.0 Å². The maximum atomic E-state index is 14.0. The van der Waals surface area contributed by atoms with Crippen LogP contribution in [-0.2, 0) is 23.1 Å². The fourth-order valence-electron chi connectivity index (χ4n) is 5.44. The number of hydrogen-bond donors (Lipinski definition) is 1. The van der Waals surface area contributed by atoms with Crippen molar-refractivity contribution in [2.45, 2.75) is 63.0 Å². The topological polar surface area (TPSA) is 88.7 Å². The molecule has 1 N–H and O–H groups in total. The Morgan fingerprint density at radius 3 is 2.53 bits per heavy atom. The van der Waals surface area contributed by atoms with E-state index in [4.69, 9.17) is 14.4 Å². The van der Waals surface area contributed by atoms with E-state index in [1.54, 1.807) is 6.07 Å². The zero-order valence-corrected chi connectivity index (χ0v) is 20.0. The molecule has 0 atom stereocenters. The van der Waals surface area contributed by atoms with Crippen LogP contribution in [0.2, 0.25) is 0 Å². The molecule has 0 radical (unpaired) electrons. The molecule has 2 aliphatic rings. The molecule has 3 aromatic rings. The number of nitrogens with zero attached hydrogens (tertiary/aromatic N) is 3. The standard InChI is InChI=1S/C27H29F2N3O4/c28-22-9-8-20(14-23(22)29)27(11-2-1-3-12-27)13-10-24-30-25(31-36-24)19-6-4-18(5-7-19)15-32-16-21(17-32)35-26(33)34/h4-9,14,21H,1-3,10-13,15-17H2,(H,33,34). The predicted octanol–water partition coefficient (Wildman–Crippen LogP) is 5.73. The highest BCUT2D eigenvalue weighted by Crippen LogP contribution is 2.43. The van der Waals surface area contributed by atoms with Gasteiger partial charge in [-0.15, -0.1) is 0 Å². The highest BCUT2D eigenvalue weighted by molar-refractivity contribution is 5.57. The number of carbonyl (C=O) groups is 1. The van der Waals surface area contributed by atoms with E-state index in [1.165, 1.54) is 12.1 Å². The van der Waals surface area contributed by atoms with Crippen LogP contribution in [-0.4, -0.2) is 45.5 Å². The van der Waals surface area contributed by atoms with E-state index < -0.39 is 17.8 Å². The molecule has 1 aliphatic carbocycles. The molecular weight excluding hydrogens is 468 g/mol. The summed E-state index contributed by atoms with van der Waals surface area (Å²) < 4.78 is 37.8. The van der Waals surface area contributed by atoms with Gasteiger partial charge in [0.05, 0.1) is 0 Å². The molecule has 5 rings (SSSR count). The molecule has 9 heteroatoms. The van der Waals surface area contributed by atoms with Gasteiger partial charge in [0, 0.05) is 31.6 Å². The molecule has 2 heterocycles. The molecule has 1 saturated carbocycles. The van der Waals surface area contributed by atoms with E-state index in [0.29, 0.717) is 37.8 Å². The third-order valence-electron chi connectivity index (χ3n) is 7.44. The molecule has 190 valence electrons. The van der Waals surface area contributed by atoms with Crippen LogP contribution in [0.3, 0.4) is 0 Å². The first-order chi connectivity index (χ1) is 17.4. The molecule has 0 unspecified atom stereocenters. The molecule has 0 spiro atoms. The van der Waals surface area contributed by atoms with Gasteiger partial charge in [0.1, 0.15) is 6.10 Å². The highest BCUT2D eigenvalue weighted by Gasteiger charge is 2.35. The van der Waals surface area contributed by atoms with Gasteiger partial charge in [0.15, 0.2) is 11.6 Å². The molecule has 0 amide bonds. The fourth-order valence-corrected chi connectivity index (χ4v) is 5.44. The Balaban J connectivity index is 1.20. The minimum atomic E-state index is -1.23. The summed E-state index contributed by atoms with van der Waals surface area (Å²) in [6.45, 7) is 1.89. The molecule has 7 nitrogen and oxygen atoms in total. The summed E-state index contributed by atoms with van der Waals surface area (Å²) in [6.07, 6.45) is 4.95. The van der Waals surface area contributed by atoms with Gasteiger partial charge in [-0.05, 0) is 47.9 Å². The SMILES string of the molecule is O=C(O)OC1CN(Cc2ccc(-c3noc(CCC4(c5ccc(F)c(F)c5)CCCCC4)n3)cc2)C1. The van der Waals surface area contributed by atoms with Gasteiger partial charge in [-0.25, -0.2) is 13.6 Å². The van der Waals surface area contributed by atoms with E-state index in [1.807, 2.05) is 24.3 Å². The van der Waals surface area contributed by atoms with Crippen LogP contribution in [0.1, 0.15) is 55.5 Å². The average molecular weight is 498 g/mol. The number of halogens is 2. The lowest BCUT2D eigenvalue weighted by Gasteiger charge is -2.38. The highest BCUT2D eigenvalue weighted by atomic mass is 19.2. The second-order valence-electron chi connectivity index (χ2n) is 9.88. The maximum absolute atomic E-state index is 14.0. The first-order valence-electron chi connectivity index (χ1n) is 12.4. The number of carboxylic acid groups (broad SMARTS) is 1. The minimum Gasteiger partial charge on any atom is -0.450 e. The monoisotopic (exact) mass is 497 g/mol. The Labute approximate surface area is 208 Å². The van der Waals surface area contributed by atoms with Crippen molar-refractivity contribution in [2.24, 2.45) is 0 Å². The fraction of sp³-hybridized carbons (Fsp3) is 0.444. The van der Waals surface area contributed by atoms with Gasteiger partial charge in [-0.3, -0.25) is 4.90 Å². The summed E-state index contributed by atoms with van der Waals surface area (Å²) in [4.78, 5) is 17.3. The molecular formula is C27H29F2N3O4.